The Hall–Kier alpha value is -1.63. The van der Waals surface area contributed by atoms with E-state index in [4.69, 9.17) is 4.74 Å². The summed E-state index contributed by atoms with van der Waals surface area (Å²) in [4.78, 5) is 0. The monoisotopic (exact) mass is 366 g/mol. The number of halogens is 6. The van der Waals surface area contributed by atoms with E-state index in [-0.39, 0.29) is 22.4 Å². The minimum absolute atomic E-state index is 0.0209. The molecule has 0 bridgehead atoms. The van der Waals surface area contributed by atoms with Gasteiger partial charge >= 0.3 is 6.18 Å². The van der Waals surface area contributed by atoms with E-state index in [1.54, 1.807) is 0 Å². The van der Waals surface area contributed by atoms with E-state index >= 15 is 0 Å². The fraction of sp³-hybridized carbons (Fsp3) is 0.143. The number of benzene rings is 2. The van der Waals surface area contributed by atoms with Gasteiger partial charge in [-0.25, -0.2) is 8.78 Å². The molecule has 1 nitrogen and oxygen atoms in total. The summed E-state index contributed by atoms with van der Waals surface area (Å²) in [6.45, 7) is 0. The molecule has 2 aromatic carbocycles. The minimum atomic E-state index is -4.55. The van der Waals surface area contributed by atoms with Crippen molar-refractivity contribution in [1.82, 2.24) is 0 Å². The van der Waals surface area contributed by atoms with Crippen LogP contribution in [0.3, 0.4) is 0 Å². The van der Waals surface area contributed by atoms with Gasteiger partial charge in [-0.3, -0.25) is 0 Å². The number of rotatable bonds is 3. The van der Waals surface area contributed by atoms with Gasteiger partial charge in [0.1, 0.15) is 11.6 Å². The second-order valence-corrected chi connectivity index (χ2v) is 4.69. The topological polar surface area (TPSA) is 9.23 Å². The second-order valence-electron chi connectivity index (χ2n) is 4.13. The molecule has 0 saturated carbocycles. The van der Waals surface area contributed by atoms with Crippen molar-refractivity contribution in [2.45, 2.75) is 11.5 Å². The van der Waals surface area contributed by atoms with E-state index in [0.717, 1.165) is 18.2 Å². The molecular formula is C14H8BrF5O. The van der Waals surface area contributed by atoms with Gasteiger partial charge in [0.25, 0.3) is 0 Å². The third-order valence-electron chi connectivity index (χ3n) is 2.65. The Bertz CT molecular complexity index is 654. The zero-order valence-electron chi connectivity index (χ0n) is 10.3. The van der Waals surface area contributed by atoms with Crippen LogP contribution in [-0.2, 0) is 11.5 Å². The van der Waals surface area contributed by atoms with Crippen LogP contribution in [0.1, 0.15) is 11.1 Å². The van der Waals surface area contributed by atoms with Gasteiger partial charge in [0.15, 0.2) is 11.6 Å². The van der Waals surface area contributed by atoms with Crippen molar-refractivity contribution in [2.24, 2.45) is 0 Å². The zero-order valence-corrected chi connectivity index (χ0v) is 11.9. The molecule has 0 atom stereocenters. The molecule has 0 radical (unpaired) electrons. The highest BCUT2D eigenvalue weighted by Crippen LogP contribution is 2.36. The minimum Gasteiger partial charge on any atom is -0.454 e. The van der Waals surface area contributed by atoms with Gasteiger partial charge in [0.2, 0.25) is 0 Å². The maximum Gasteiger partial charge on any atom is 0.416 e. The van der Waals surface area contributed by atoms with Crippen LogP contribution in [0.5, 0.6) is 11.5 Å². The molecule has 0 spiro atoms. The van der Waals surface area contributed by atoms with Crippen LogP contribution in [0, 0.1) is 11.6 Å². The lowest BCUT2D eigenvalue weighted by Crippen LogP contribution is -2.08. The van der Waals surface area contributed by atoms with Gasteiger partial charge in [0.05, 0.1) is 5.56 Å². The predicted molar refractivity (Wildman–Crippen MR) is 70.5 cm³/mol. The van der Waals surface area contributed by atoms with Gasteiger partial charge in [-0.15, -0.1) is 0 Å². The molecule has 112 valence electrons. The van der Waals surface area contributed by atoms with Crippen LogP contribution in [0.4, 0.5) is 22.0 Å². The van der Waals surface area contributed by atoms with Gasteiger partial charge in [-0.05, 0) is 29.8 Å². The van der Waals surface area contributed by atoms with E-state index in [9.17, 15) is 22.0 Å². The molecule has 2 rings (SSSR count). The lowest BCUT2D eigenvalue weighted by atomic mass is 10.1. The first-order valence-corrected chi connectivity index (χ1v) is 6.82. The number of hydrogen-bond acceptors (Lipinski definition) is 1. The van der Waals surface area contributed by atoms with Crippen molar-refractivity contribution in [3.8, 4) is 11.5 Å². The van der Waals surface area contributed by atoms with Gasteiger partial charge in [-0.1, -0.05) is 22.0 Å². The van der Waals surface area contributed by atoms with E-state index in [0.29, 0.717) is 6.07 Å². The van der Waals surface area contributed by atoms with Crippen molar-refractivity contribution in [2.75, 3.05) is 0 Å². The molecule has 0 aliphatic carbocycles. The Balaban J connectivity index is 2.37. The highest BCUT2D eigenvalue weighted by atomic mass is 79.9. The average Bonchev–Trinajstić information content (AvgIpc) is 2.41. The largest absolute Gasteiger partial charge is 0.454 e. The maximum absolute atomic E-state index is 13.4. The first-order chi connectivity index (χ1) is 9.81. The van der Waals surface area contributed by atoms with E-state index < -0.39 is 23.4 Å². The average molecular weight is 367 g/mol. The second kappa shape index (κ2) is 6.01. The third kappa shape index (κ3) is 3.72. The van der Waals surface area contributed by atoms with Crippen molar-refractivity contribution < 1.29 is 26.7 Å². The molecule has 0 aromatic heterocycles. The number of hydrogen-bond donors (Lipinski definition) is 0. The zero-order chi connectivity index (χ0) is 15.6. The summed E-state index contributed by atoms with van der Waals surface area (Å²) >= 11 is 2.97. The molecule has 0 N–H and O–H groups in total. The molecule has 0 heterocycles. The summed E-state index contributed by atoms with van der Waals surface area (Å²) in [5.74, 6) is -2.33. The molecule has 0 unspecified atom stereocenters. The van der Waals surface area contributed by atoms with Crippen LogP contribution in [-0.4, -0.2) is 0 Å². The van der Waals surface area contributed by atoms with Gasteiger partial charge < -0.3 is 4.74 Å². The standard InChI is InChI=1S/C14H8BrF5O/c15-7-8-1-3-10(6-11(8)14(18,19)20)21-13-4-2-9(16)5-12(13)17/h1-6H,7H2. The lowest BCUT2D eigenvalue weighted by Gasteiger charge is -2.14. The summed E-state index contributed by atoms with van der Waals surface area (Å²) in [5, 5.41) is 0.0209. The molecule has 0 aliphatic heterocycles. The summed E-state index contributed by atoms with van der Waals surface area (Å²) in [5.41, 5.74) is -0.839. The van der Waals surface area contributed by atoms with Crippen LogP contribution in [0.25, 0.3) is 0 Å². The lowest BCUT2D eigenvalue weighted by molar-refractivity contribution is -0.138. The molecule has 21 heavy (non-hydrogen) atoms. The molecule has 0 amide bonds. The quantitative estimate of drug-likeness (QED) is 0.502. The van der Waals surface area contributed by atoms with E-state index in [1.807, 2.05) is 0 Å². The molecule has 0 fully saturated rings. The van der Waals surface area contributed by atoms with E-state index in [2.05, 4.69) is 15.9 Å². The van der Waals surface area contributed by atoms with Crippen LogP contribution >= 0.6 is 15.9 Å². The van der Waals surface area contributed by atoms with Crippen molar-refractivity contribution >= 4 is 15.9 Å². The Morgan fingerprint density at radius 1 is 1.00 bits per heavy atom. The smallest absolute Gasteiger partial charge is 0.416 e. The summed E-state index contributed by atoms with van der Waals surface area (Å²) in [7, 11) is 0. The normalized spacial score (nSPS) is 11.5. The molecule has 7 heteroatoms. The summed E-state index contributed by atoms with van der Waals surface area (Å²) < 4.78 is 69.9. The predicted octanol–water partition coefficient (Wildman–Crippen LogP) is 5.67. The van der Waals surface area contributed by atoms with Crippen molar-refractivity contribution in [1.29, 1.82) is 0 Å². The Kier molecular flexibility index (Phi) is 4.51. The molecule has 0 saturated heterocycles. The highest BCUT2D eigenvalue weighted by Gasteiger charge is 2.33. The highest BCUT2D eigenvalue weighted by molar-refractivity contribution is 9.08. The van der Waals surface area contributed by atoms with Crippen LogP contribution in [0.2, 0.25) is 0 Å². The Labute approximate surface area is 125 Å². The first-order valence-electron chi connectivity index (χ1n) is 5.70. The SMILES string of the molecule is Fc1ccc(Oc2ccc(CBr)c(C(F)(F)F)c2)c(F)c1. The summed E-state index contributed by atoms with van der Waals surface area (Å²) in [6, 6.07) is 5.85. The molecule has 0 aliphatic rings. The molecule has 2 aromatic rings. The number of alkyl halides is 4. The van der Waals surface area contributed by atoms with Crippen LogP contribution < -0.4 is 4.74 Å². The van der Waals surface area contributed by atoms with Crippen LogP contribution in [0.15, 0.2) is 36.4 Å². The van der Waals surface area contributed by atoms with Crippen molar-refractivity contribution in [3.63, 3.8) is 0 Å². The molecular weight excluding hydrogens is 359 g/mol. The van der Waals surface area contributed by atoms with Crippen molar-refractivity contribution in [3.05, 3.63) is 59.2 Å². The first kappa shape index (κ1) is 15.8. The Morgan fingerprint density at radius 3 is 2.29 bits per heavy atom. The fourth-order valence-corrected chi connectivity index (χ4v) is 2.17. The van der Waals surface area contributed by atoms with Gasteiger partial charge in [0, 0.05) is 11.4 Å². The number of ether oxygens (including phenoxy) is 1. The maximum atomic E-state index is 13.4. The Morgan fingerprint density at radius 2 is 1.71 bits per heavy atom. The fourth-order valence-electron chi connectivity index (χ4n) is 1.68. The van der Waals surface area contributed by atoms with E-state index in [1.165, 1.54) is 12.1 Å². The third-order valence-corrected chi connectivity index (χ3v) is 3.26. The summed E-state index contributed by atoms with van der Waals surface area (Å²) in [6.07, 6.45) is -4.55. The van der Waals surface area contributed by atoms with Gasteiger partial charge in [-0.2, -0.15) is 13.2 Å².